The first kappa shape index (κ1) is 22.1. The van der Waals surface area contributed by atoms with E-state index in [1.54, 1.807) is 0 Å². The molecule has 0 saturated heterocycles. The third-order valence-electron chi connectivity index (χ3n) is 4.50. The van der Waals surface area contributed by atoms with Gasteiger partial charge in [0.25, 0.3) is 0 Å². The van der Waals surface area contributed by atoms with Crippen molar-refractivity contribution in [1.82, 2.24) is 0 Å². The van der Waals surface area contributed by atoms with Gasteiger partial charge in [-0.25, -0.2) is 0 Å². The van der Waals surface area contributed by atoms with Crippen molar-refractivity contribution >= 4 is 12.4 Å². The fraction of sp³-hybridized carbons (Fsp3) is 0.625. The molecule has 0 unspecified atom stereocenters. The van der Waals surface area contributed by atoms with Gasteiger partial charge in [-0.1, -0.05) is 19.3 Å². The summed E-state index contributed by atoms with van der Waals surface area (Å²) in [7, 11) is 0. The number of aliphatic hydroxyl groups excluding tert-OH is 1. The summed E-state index contributed by atoms with van der Waals surface area (Å²) in [5, 5.41) is 10.3. The van der Waals surface area contributed by atoms with Crippen LogP contribution in [-0.2, 0) is 12.4 Å². The predicted molar refractivity (Wildman–Crippen MR) is 83.2 cm³/mol. The highest BCUT2D eigenvalue weighted by Gasteiger charge is 2.38. The monoisotopic (exact) mass is 391 g/mol. The van der Waals surface area contributed by atoms with Crippen molar-refractivity contribution in [2.45, 2.75) is 56.6 Å². The molecule has 0 spiro atoms. The lowest BCUT2D eigenvalue weighted by Crippen LogP contribution is -2.34. The van der Waals surface area contributed by atoms with Crippen LogP contribution in [0.3, 0.4) is 0 Å². The van der Waals surface area contributed by atoms with Crippen LogP contribution in [0.2, 0.25) is 0 Å². The zero-order valence-electron chi connectivity index (χ0n) is 13.2. The number of hydrogen-bond acceptors (Lipinski definition) is 2. The van der Waals surface area contributed by atoms with Crippen molar-refractivity contribution in [1.29, 1.82) is 0 Å². The van der Waals surface area contributed by atoms with Crippen LogP contribution in [0.25, 0.3) is 0 Å². The van der Waals surface area contributed by atoms with Gasteiger partial charge in [0, 0.05) is 0 Å². The highest BCUT2D eigenvalue weighted by atomic mass is 35.5. The molecule has 9 heteroatoms. The maximum atomic E-state index is 12.9. The van der Waals surface area contributed by atoms with Crippen molar-refractivity contribution in [3.63, 3.8) is 0 Å². The summed E-state index contributed by atoms with van der Waals surface area (Å²) in [5.41, 5.74) is 2.62. The highest BCUT2D eigenvalue weighted by Crippen LogP contribution is 2.39. The SMILES string of the molecule is Cl.N[C@H](c1cc(C(F)(F)F)cc(C(F)(F)F)c1)[C@@H](O)C1CCCCC1. The van der Waals surface area contributed by atoms with Gasteiger partial charge in [-0.15, -0.1) is 12.4 Å². The lowest BCUT2D eigenvalue weighted by Gasteiger charge is -2.31. The second-order valence-electron chi connectivity index (χ2n) is 6.25. The standard InChI is InChI=1S/C16H19F6NO.ClH/c17-15(18,19)11-6-10(7-12(8-11)16(20,21)22)13(23)14(24)9-4-2-1-3-5-9;/h6-9,13-14,24H,1-5,23H2;1H/t13-,14+;/m1./s1. The topological polar surface area (TPSA) is 46.2 Å². The smallest absolute Gasteiger partial charge is 0.391 e. The lowest BCUT2D eigenvalue weighted by molar-refractivity contribution is -0.143. The van der Waals surface area contributed by atoms with Gasteiger partial charge in [-0.05, 0) is 42.5 Å². The molecule has 2 rings (SSSR count). The van der Waals surface area contributed by atoms with Crippen LogP contribution in [-0.4, -0.2) is 11.2 Å². The molecule has 3 N–H and O–H groups in total. The van der Waals surface area contributed by atoms with Gasteiger partial charge in [-0.2, -0.15) is 26.3 Å². The van der Waals surface area contributed by atoms with E-state index in [2.05, 4.69) is 0 Å². The van der Waals surface area contributed by atoms with E-state index in [0.29, 0.717) is 25.0 Å². The first-order valence-electron chi connectivity index (χ1n) is 7.73. The summed E-state index contributed by atoms with van der Waals surface area (Å²) >= 11 is 0. The Morgan fingerprint density at radius 3 is 1.72 bits per heavy atom. The van der Waals surface area contributed by atoms with Crippen molar-refractivity contribution < 1.29 is 31.4 Å². The molecule has 0 heterocycles. The molecule has 1 aromatic carbocycles. The van der Waals surface area contributed by atoms with Crippen LogP contribution >= 0.6 is 12.4 Å². The van der Waals surface area contributed by atoms with Crippen LogP contribution in [0.1, 0.15) is 54.8 Å². The molecule has 1 fully saturated rings. The summed E-state index contributed by atoms with van der Waals surface area (Å²) in [5.74, 6) is -0.211. The van der Waals surface area contributed by atoms with Crippen LogP contribution in [0.5, 0.6) is 0 Å². The number of hydrogen-bond donors (Lipinski definition) is 2. The number of rotatable bonds is 3. The fourth-order valence-electron chi connectivity index (χ4n) is 3.14. The van der Waals surface area contributed by atoms with Gasteiger partial charge in [0.05, 0.1) is 23.3 Å². The largest absolute Gasteiger partial charge is 0.416 e. The molecule has 0 bridgehead atoms. The Labute approximate surface area is 147 Å². The number of aliphatic hydroxyl groups is 1. The fourth-order valence-corrected chi connectivity index (χ4v) is 3.14. The second-order valence-corrected chi connectivity index (χ2v) is 6.25. The van der Waals surface area contributed by atoms with E-state index >= 15 is 0 Å². The van der Waals surface area contributed by atoms with Crippen LogP contribution in [0.15, 0.2) is 18.2 Å². The van der Waals surface area contributed by atoms with E-state index in [1.165, 1.54) is 0 Å². The minimum Gasteiger partial charge on any atom is -0.391 e. The zero-order chi connectivity index (χ0) is 18.1. The number of alkyl halides is 6. The average Bonchev–Trinajstić information content (AvgIpc) is 2.52. The van der Waals surface area contributed by atoms with Gasteiger partial charge in [0.1, 0.15) is 0 Å². The van der Waals surface area contributed by atoms with Crippen LogP contribution < -0.4 is 5.73 Å². The minimum atomic E-state index is -4.93. The molecular weight excluding hydrogens is 372 g/mol. The molecule has 2 atom stereocenters. The maximum absolute atomic E-state index is 12.9. The lowest BCUT2D eigenvalue weighted by atomic mass is 9.81. The van der Waals surface area contributed by atoms with Crippen LogP contribution in [0.4, 0.5) is 26.3 Å². The number of halogens is 7. The third kappa shape index (κ3) is 5.49. The Hall–Kier alpha value is -0.990. The Morgan fingerprint density at radius 2 is 1.32 bits per heavy atom. The van der Waals surface area contributed by atoms with Gasteiger partial charge in [0.2, 0.25) is 0 Å². The normalized spacial score (nSPS) is 19.2. The summed E-state index contributed by atoms with van der Waals surface area (Å²) in [6, 6.07) is -0.0577. The van der Waals surface area contributed by atoms with Crippen molar-refractivity contribution in [2.24, 2.45) is 11.7 Å². The second kappa shape index (κ2) is 8.14. The third-order valence-corrected chi connectivity index (χ3v) is 4.50. The molecule has 2 nitrogen and oxygen atoms in total. The number of nitrogens with two attached hydrogens (primary N) is 1. The van der Waals surface area contributed by atoms with Crippen molar-refractivity contribution in [3.05, 3.63) is 34.9 Å². The van der Waals surface area contributed by atoms with E-state index in [4.69, 9.17) is 5.73 Å². The van der Waals surface area contributed by atoms with E-state index in [0.717, 1.165) is 19.3 Å². The van der Waals surface area contributed by atoms with Gasteiger partial charge in [0.15, 0.2) is 0 Å². The minimum absolute atomic E-state index is 0. The Bertz CT molecular complexity index is 536. The van der Waals surface area contributed by atoms with Gasteiger partial charge < -0.3 is 10.8 Å². The summed E-state index contributed by atoms with van der Waals surface area (Å²) in [6.45, 7) is 0. The Kier molecular flexibility index (Phi) is 7.18. The van der Waals surface area contributed by atoms with Gasteiger partial charge >= 0.3 is 12.4 Å². The van der Waals surface area contributed by atoms with E-state index in [1.807, 2.05) is 0 Å². The quantitative estimate of drug-likeness (QED) is 0.705. The summed E-state index contributed by atoms with van der Waals surface area (Å²) in [6.07, 6.45) is -6.96. The Morgan fingerprint density at radius 1 is 0.880 bits per heavy atom. The predicted octanol–water partition coefficient (Wildman–Crippen LogP) is 5.09. The highest BCUT2D eigenvalue weighted by molar-refractivity contribution is 5.85. The molecule has 0 amide bonds. The van der Waals surface area contributed by atoms with Crippen molar-refractivity contribution in [3.8, 4) is 0 Å². The van der Waals surface area contributed by atoms with Crippen LogP contribution in [0, 0.1) is 5.92 Å². The molecule has 1 aromatic rings. The first-order chi connectivity index (χ1) is 11.0. The molecular formula is C16H20ClF6NO. The molecule has 1 aliphatic carbocycles. The summed E-state index contributed by atoms with van der Waals surface area (Å²) < 4.78 is 77.3. The molecule has 1 aliphatic rings. The molecule has 0 radical (unpaired) electrons. The maximum Gasteiger partial charge on any atom is 0.416 e. The van der Waals surface area contributed by atoms with E-state index in [9.17, 15) is 31.4 Å². The summed E-state index contributed by atoms with van der Waals surface area (Å²) in [4.78, 5) is 0. The molecule has 144 valence electrons. The molecule has 0 aliphatic heterocycles. The molecule has 1 saturated carbocycles. The van der Waals surface area contributed by atoms with Crippen molar-refractivity contribution in [2.75, 3.05) is 0 Å². The average molecular weight is 392 g/mol. The van der Waals surface area contributed by atoms with E-state index in [-0.39, 0.29) is 30.0 Å². The number of benzene rings is 1. The molecule has 0 aromatic heterocycles. The Balaban J connectivity index is 0.00000312. The van der Waals surface area contributed by atoms with Gasteiger partial charge in [-0.3, -0.25) is 0 Å². The first-order valence-corrected chi connectivity index (χ1v) is 7.73. The molecule has 25 heavy (non-hydrogen) atoms. The van der Waals surface area contributed by atoms with E-state index < -0.39 is 35.6 Å². The zero-order valence-corrected chi connectivity index (χ0v) is 14.0.